The molecule has 0 radical (unpaired) electrons. The zero-order valence-electron chi connectivity index (χ0n) is 9.86. The Morgan fingerprint density at radius 2 is 1.81 bits per heavy atom. The summed E-state index contributed by atoms with van der Waals surface area (Å²) in [5.74, 6) is 1.58. The first-order chi connectivity index (χ1) is 7.88. The minimum Gasteiger partial charge on any atom is -0.497 e. The summed E-state index contributed by atoms with van der Waals surface area (Å²) in [7, 11) is 1.68. The number of ether oxygens (including phenoxy) is 1. The molecule has 0 bridgehead atoms. The number of aliphatic imine (C=N–C) groups is 1. The zero-order chi connectivity index (χ0) is 11.2. The van der Waals surface area contributed by atoms with E-state index in [0.717, 1.165) is 11.4 Å². The maximum absolute atomic E-state index is 5.11. The number of nitrogens with zero attached hydrogens (tertiary/aromatic N) is 1. The first kappa shape index (κ1) is 11.2. The predicted molar refractivity (Wildman–Crippen MR) is 67.7 cm³/mol. The molecule has 0 heterocycles. The van der Waals surface area contributed by atoms with E-state index in [1.165, 1.54) is 32.1 Å². The summed E-state index contributed by atoms with van der Waals surface area (Å²) in [4.78, 5) is 4.52. The minimum atomic E-state index is 0.691. The lowest BCUT2D eigenvalue weighted by molar-refractivity contribution is 0.415. The second-order valence-electron chi connectivity index (χ2n) is 4.37. The molecular weight excluding hydrogens is 198 g/mol. The monoisotopic (exact) mass is 217 g/mol. The molecule has 2 heteroatoms. The number of hydrogen-bond donors (Lipinski definition) is 0. The van der Waals surface area contributed by atoms with Gasteiger partial charge in [0.2, 0.25) is 0 Å². The fourth-order valence-electron chi connectivity index (χ4n) is 2.14. The first-order valence-electron chi connectivity index (χ1n) is 6.07. The summed E-state index contributed by atoms with van der Waals surface area (Å²) in [6, 6.07) is 7.90. The van der Waals surface area contributed by atoms with Crippen molar-refractivity contribution < 1.29 is 4.74 Å². The Bertz CT molecular complexity index is 336. The van der Waals surface area contributed by atoms with Crippen molar-refractivity contribution in [2.45, 2.75) is 32.1 Å². The van der Waals surface area contributed by atoms with Gasteiger partial charge in [0.25, 0.3) is 0 Å². The van der Waals surface area contributed by atoms with Crippen LogP contribution in [0.5, 0.6) is 5.75 Å². The summed E-state index contributed by atoms with van der Waals surface area (Å²) in [6.45, 7) is 0. The molecule has 1 saturated carbocycles. The summed E-state index contributed by atoms with van der Waals surface area (Å²) in [6.07, 6.45) is 8.85. The van der Waals surface area contributed by atoms with E-state index in [1.807, 2.05) is 24.3 Å². The topological polar surface area (TPSA) is 21.6 Å². The molecule has 0 unspecified atom stereocenters. The van der Waals surface area contributed by atoms with E-state index >= 15 is 0 Å². The highest BCUT2D eigenvalue weighted by atomic mass is 16.5. The van der Waals surface area contributed by atoms with E-state index in [2.05, 4.69) is 11.2 Å². The van der Waals surface area contributed by atoms with Gasteiger partial charge in [0, 0.05) is 6.21 Å². The van der Waals surface area contributed by atoms with Crippen LogP contribution in [0.15, 0.2) is 29.3 Å². The van der Waals surface area contributed by atoms with E-state index in [1.54, 1.807) is 7.11 Å². The van der Waals surface area contributed by atoms with E-state index in [9.17, 15) is 0 Å². The molecule has 0 saturated heterocycles. The van der Waals surface area contributed by atoms with Gasteiger partial charge in [0.15, 0.2) is 0 Å². The highest BCUT2D eigenvalue weighted by Crippen LogP contribution is 2.23. The van der Waals surface area contributed by atoms with Crippen LogP contribution in [0.25, 0.3) is 0 Å². The molecule has 86 valence electrons. The Kier molecular flexibility index (Phi) is 3.97. The van der Waals surface area contributed by atoms with Gasteiger partial charge in [-0.1, -0.05) is 19.3 Å². The second kappa shape index (κ2) is 5.69. The molecule has 0 aliphatic heterocycles. The van der Waals surface area contributed by atoms with Crippen LogP contribution < -0.4 is 4.74 Å². The second-order valence-corrected chi connectivity index (χ2v) is 4.37. The van der Waals surface area contributed by atoms with Crippen LogP contribution in [0.3, 0.4) is 0 Å². The lowest BCUT2D eigenvalue weighted by Gasteiger charge is -2.16. The lowest BCUT2D eigenvalue weighted by atomic mass is 9.90. The quantitative estimate of drug-likeness (QED) is 0.702. The smallest absolute Gasteiger partial charge is 0.119 e. The van der Waals surface area contributed by atoms with Crippen molar-refractivity contribution in [3.05, 3.63) is 24.3 Å². The normalized spacial score (nSPS) is 17.8. The van der Waals surface area contributed by atoms with Gasteiger partial charge in [0.05, 0.1) is 12.8 Å². The van der Waals surface area contributed by atoms with E-state index < -0.39 is 0 Å². The third kappa shape index (κ3) is 3.09. The van der Waals surface area contributed by atoms with E-state index in [4.69, 9.17) is 4.74 Å². The molecule has 2 rings (SSSR count). The maximum Gasteiger partial charge on any atom is 0.119 e. The SMILES string of the molecule is COc1ccc(/N=C/C2CCCCC2)cc1. The Morgan fingerprint density at radius 1 is 1.12 bits per heavy atom. The van der Waals surface area contributed by atoms with Crippen molar-refractivity contribution in [1.29, 1.82) is 0 Å². The molecule has 1 aliphatic rings. The highest BCUT2D eigenvalue weighted by Gasteiger charge is 2.10. The third-order valence-corrected chi connectivity index (χ3v) is 3.16. The van der Waals surface area contributed by atoms with Gasteiger partial charge in [-0.3, -0.25) is 4.99 Å². The van der Waals surface area contributed by atoms with Gasteiger partial charge < -0.3 is 4.74 Å². The van der Waals surface area contributed by atoms with Crippen molar-refractivity contribution in [2.75, 3.05) is 7.11 Å². The molecule has 0 N–H and O–H groups in total. The Hall–Kier alpha value is -1.31. The maximum atomic E-state index is 5.11. The summed E-state index contributed by atoms with van der Waals surface area (Å²) >= 11 is 0. The Morgan fingerprint density at radius 3 is 2.44 bits per heavy atom. The van der Waals surface area contributed by atoms with Crippen LogP contribution >= 0.6 is 0 Å². The third-order valence-electron chi connectivity index (χ3n) is 3.16. The van der Waals surface area contributed by atoms with Crippen LogP contribution in [0.1, 0.15) is 32.1 Å². The van der Waals surface area contributed by atoms with Crippen molar-refractivity contribution in [1.82, 2.24) is 0 Å². The number of hydrogen-bond acceptors (Lipinski definition) is 2. The number of rotatable bonds is 3. The van der Waals surface area contributed by atoms with Gasteiger partial charge >= 0.3 is 0 Å². The molecular formula is C14H19NO. The Balaban J connectivity index is 1.94. The molecule has 1 fully saturated rings. The molecule has 16 heavy (non-hydrogen) atoms. The van der Waals surface area contributed by atoms with Crippen LogP contribution in [-0.2, 0) is 0 Å². The first-order valence-corrected chi connectivity index (χ1v) is 6.07. The van der Waals surface area contributed by atoms with Gasteiger partial charge in [-0.2, -0.15) is 0 Å². The molecule has 0 aromatic heterocycles. The molecule has 1 aliphatic carbocycles. The van der Waals surface area contributed by atoms with Gasteiger partial charge in [-0.15, -0.1) is 0 Å². The van der Waals surface area contributed by atoms with Crippen molar-refractivity contribution >= 4 is 11.9 Å². The average molecular weight is 217 g/mol. The average Bonchev–Trinajstić information content (AvgIpc) is 2.38. The van der Waals surface area contributed by atoms with Gasteiger partial charge in [0.1, 0.15) is 5.75 Å². The Labute approximate surface area is 97.4 Å². The fourth-order valence-corrected chi connectivity index (χ4v) is 2.14. The molecule has 1 aromatic rings. The highest BCUT2D eigenvalue weighted by molar-refractivity contribution is 5.66. The zero-order valence-corrected chi connectivity index (χ0v) is 9.86. The van der Waals surface area contributed by atoms with Gasteiger partial charge in [-0.25, -0.2) is 0 Å². The van der Waals surface area contributed by atoms with Crippen LogP contribution in [0, 0.1) is 5.92 Å². The summed E-state index contributed by atoms with van der Waals surface area (Å²) < 4.78 is 5.11. The molecule has 0 atom stereocenters. The van der Waals surface area contributed by atoms with E-state index in [0.29, 0.717) is 5.92 Å². The number of benzene rings is 1. The minimum absolute atomic E-state index is 0.691. The van der Waals surface area contributed by atoms with Crippen molar-refractivity contribution in [3.8, 4) is 5.75 Å². The number of methoxy groups -OCH3 is 1. The largest absolute Gasteiger partial charge is 0.497 e. The fraction of sp³-hybridized carbons (Fsp3) is 0.500. The van der Waals surface area contributed by atoms with Crippen LogP contribution in [0.4, 0.5) is 5.69 Å². The summed E-state index contributed by atoms with van der Waals surface area (Å²) in [5, 5.41) is 0. The van der Waals surface area contributed by atoms with Crippen molar-refractivity contribution in [2.24, 2.45) is 10.9 Å². The van der Waals surface area contributed by atoms with Gasteiger partial charge in [-0.05, 0) is 43.0 Å². The van der Waals surface area contributed by atoms with Crippen LogP contribution in [0.2, 0.25) is 0 Å². The molecule has 2 nitrogen and oxygen atoms in total. The lowest BCUT2D eigenvalue weighted by Crippen LogP contribution is -2.06. The molecule has 0 amide bonds. The predicted octanol–water partition coefficient (Wildman–Crippen LogP) is 3.98. The molecule has 0 spiro atoms. The molecule has 1 aromatic carbocycles. The van der Waals surface area contributed by atoms with Crippen molar-refractivity contribution in [3.63, 3.8) is 0 Å². The standard InChI is InChI=1S/C14H19NO/c1-16-14-9-7-13(8-10-14)15-11-12-5-3-2-4-6-12/h7-12H,2-6H2,1H3/b15-11+. The van der Waals surface area contributed by atoms with Crippen LogP contribution in [-0.4, -0.2) is 13.3 Å². The van der Waals surface area contributed by atoms with E-state index in [-0.39, 0.29) is 0 Å². The summed E-state index contributed by atoms with van der Waals surface area (Å²) in [5.41, 5.74) is 1.02.